The first kappa shape index (κ1) is 16.5. The number of amides is 1. The lowest BCUT2D eigenvalue weighted by Crippen LogP contribution is -2.36. The molecule has 0 spiro atoms. The van der Waals surface area contributed by atoms with Gasteiger partial charge in [0.2, 0.25) is 0 Å². The average molecular weight is 347 g/mol. The van der Waals surface area contributed by atoms with E-state index in [1.165, 1.54) is 11.1 Å². The maximum atomic E-state index is 12.4. The van der Waals surface area contributed by atoms with Crippen molar-refractivity contribution in [3.05, 3.63) is 89.5 Å². The molecule has 0 saturated carbocycles. The molecule has 1 N–H and O–H groups in total. The minimum atomic E-state index is -0.0679. The SMILES string of the molecule is O=C(NC[C@H]1Cc2ccccc2CO1)c1ccc(Cn2ccnc2)cc1. The number of hydrogen-bond acceptors (Lipinski definition) is 3. The topological polar surface area (TPSA) is 56.1 Å². The second-order valence-electron chi connectivity index (χ2n) is 6.55. The maximum absolute atomic E-state index is 12.4. The number of ether oxygens (including phenoxy) is 1. The smallest absolute Gasteiger partial charge is 0.251 e. The Hall–Kier alpha value is -2.92. The summed E-state index contributed by atoms with van der Waals surface area (Å²) >= 11 is 0. The van der Waals surface area contributed by atoms with Crippen LogP contribution in [0.25, 0.3) is 0 Å². The quantitative estimate of drug-likeness (QED) is 0.772. The van der Waals surface area contributed by atoms with Gasteiger partial charge in [-0.15, -0.1) is 0 Å². The molecule has 132 valence electrons. The van der Waals surface area contributed by atoms with Gasteiger partial charge in [-0.2, -0.15) is 0 Å². The van der Waals surface area contributed by atoms with Crippen LogP contribution in [0.1, 0.15) is 27.0 Å². The van der Waals surface area contributed by atoms with Crippen LogP contribution in [0.2, 0.25) is 0 Å². The molecule has 0 radical (unpaired) electrons. The Morgan fingerprint density at radius 3 is 2.73 bits per heavy atom. The molecule has 0 bridgehead atoms. The summed E-state index contributed by atoms with van der Waals surface area (Å²) in [7, 11) is 0. The van der Waals surface area contributed by atoms with Gasteiger partial charge in [0.25, 0.3) is 5.91 Å². The molecular formula is C21H21N3O2. The molecule has 0 fully saturated rings. The van der Waals surface area contributed by atoms with E-state index in [1.807, 2.05) is 47.2 Å². The Kier molecular flexibility index (Phi) is 4.80. The van der Waals surface area contributed by atoms with Crippen molar-refractivity contribution < 1.29 is 9.53 Å². The van der Waals surface area contributed by atoms with Crippen molar-refractivity contribution in [3.8, 4) is 0 Å². The number of benzene rings is 2. The van der Waals surface area contributed by atoms with Gasteiger partial charge in [0.15, 0.2) is 0 Å². The van der Waals surface area contributed by atoms with Crippen LogP contribution < -0.4 is 5.32 Å². The molecule has 1 aliphatic heterocycles. The van der Waals surface area contributed by atoms with Crippen LogP contribution in [0, 0.1) is 0 Å². The third kappa shape index (κ3) is 3.83. The van der Waals surface area contributed by atoms with Crippen molar-refractivity contribution >= 4 is 5.91 Å². The van der Waals surface area contributed by atoms with E-state index in [1.54, 1.807) is 12.5 Å². The Morgan fingerprint density at radius 1 is 1.15 bits per heavy atom. The lowest BCUT2D eigenvalue weighted by molar-refractivity contribution is 0.0285. The average Bonchev–Trinajstić information content (AvgIpc) is 3.19. The van der Waals surface area contributed by atoms with Gasteiger partial charge in [0.1, 0.15) is 0 Å². The van der Waals surface area contributed by atoms with Gasteiger partial charge in [-0.05, 0) is 28.8 Å². The lowest BCUT2D eigenvalue weighted by Gasteiger charge is -2.25. The number of carbonyl (C=O) groups excluding carboxylic acids is 1. The van der Waals surface area contributed by atoms with Crippen LogP contribution in [-0.4, -0.2) is 28.1 Å². The normalized spacial score (nSPS) is 16.1. The summed E-state index contributed by atoms with van der Waals surface area (Å²) in [6, 6.07) is 16.0. The molecule has 1 aliphatic rings. The van der Waals surface area contributed by atoms with Gasteiger partial charge in [-0.25, -0.2) is 4.98 Å². The fraction of sp³-hybridized carbons (Fsp3) is 0.238. The Labute approximate surface area is 152 Å². The first-order valence-corrected chi connectivity index (χ1v) is 8.79. The van der Waals surface area contributed by atoms with E-state index in [9.17, 15) is 4.79 Å². The fourth-order valence-corrected chi connectivity index (χ4v) is 3.20. The Balaban J connectivity index is 1.31. The maximum Gasteiger partial charge on any atom is 0.251 e. The predicted octanol–water partition coefficient (Wildman–Crippen LogP) is 2.80. The molecule has 1 aromatic heterocycles. The molecule has 4 rings (SSSR count). The van der Waals surface area contributed by atoms with Gasteiger partial charge < -0.3 is 14.6 Å². The van der Waals surface area contributed by atoms with Gasteiger partial charge in [0, 0.05) is 37.5 Å². The zero-order chi connectivity index (χ0) is 17.8. The summed E-state index contributed by atoms with van der Waals surface area (Å²) in [4.78, 5) is 16.4. The Bertz CT molecular complexity index is 873. The number of hydrogen-bond donors (Lipinski definition) is 1. The summed E-state index contributed by atoms with van der Waals surface area (Å²) in [6.45, 7) is 1.88. The van der Waals surface area contributed by atoms with E-state index in [-0.39, 0.29) is 12.0 Å². The minimum absolute atomic E-state index is 0.0226. The van der Waals surface area contributed by atoms with Gasteiger partial charge >= 0.3 is 0 Å². The highest BCUT2D eigenvalue weighted by atomic mass is 16.5. The van der Waals surface area contributed by atoms with Gasteiger partial charge in [-0.3, -0.25) is 4.79 Å². The van der Waals surface area contributed by atoms with E-state index in [4.69, 9.17) is 4.74 Å². The molecule has 5 heteroatoms. The molecule has 3 aromatic rings. The van der Waals surface area contributed by atoms with Crippen molar-refractivity contribution in [2.45, 2.75) is 25.7 Å². The van der Waals surface area contributed by atoms with Crippen molar-refractivity contribution in [2.24, 2.45) is 0 Å². The van der Waals surface area contributed by atoms with Crippen LogP contribution in [0.4, 0.5) is 0 Å². The second-order valence-corrected chi connectivity index (χ2v) is 6.55. The predicted molar refractivity (Wildman–Crippen MR) is 98.8 cm³/mol. The molecule has 1 atom stereocenters. The van der Waals surface area contributed by atoms with Gasteiger partial charge in [-0.1, -0.05) is 36.4 Å². The fourth-order valence-electron chi connectivity index (χ4n) is 3.20. The summed E-state index contributed by atoms with van der Waals surface area (Å²) < 4.78 is 7.84. The van der Waals surface area contributed by atoms with Crippen LogP contribution in [0.5, 0.6) is 0 Å². The number of carbonyl (C=O) groups is 1. The van der Waals surface area contributed by atoms with E-state index in [0.29, 0.717) is 18.7 Å². The minimum Gasteiger partial charge on any atom is -0.371 e. The van der Waals surface area contributed by atoms with Crippen molar-refractivity contribution in [1.82, 2.24) is 14.9 Å². The molecule has 26 heavy (non-hydrogen) atoms. The Morgan fingerprint density at radius 2 is 1.96 bits per heavy atom. The molecule has 2 heterocycles. The number of imidazole rings is 1. The molecule has 1 amide bonds. The van der Waals surface area contributed by atoms with Crippen molar-refractivity contribution in [2.75, 3.05) is 6.54 Å². The zero-order valence-corrected chi connectivity index (χ0v) is 14.5. The monoisotopic (exact) mass is 347 g/mol. The third-order valence-corrected chi connectivity index (χ3v) is 4.67. The summed E-state index contributed by atoms with van der Waals surface area (Å²) in [5.41, 5.74) is 4.34. The van der Waals surface area contributed by atoms with E-state index in [0.717, 1.165) is 18.5 Å². The van der Waals surface area contributed by atoms with Crippen molar-refractivity contribution in [3.63, 3.8) is 0 Å². The number of rotatable bonds is 5. The molecular weight excluding hydrogens is 326 g/mol. The van der Waals surface area contributed by atoms with Crippen molar-refractivity contribution in [1.29, 1.82) is 0 Å². The van der Waals surface area contributed by atoms with Crippen LogP contribution >= 0.6 is 0 Å². The highest BCUT2D eigenvalue weighted by molar-refractivity contribution is 5.94. The van der Waals surface area contributed by atoms with Crippen LogP contribution in [-0.2, 0) is 24.3 Å². The first-order chi connectivity index (χ1) is 12.8. The van der Waals surface area contributed by atoms with E-state index in [2.05, 4.69) is 22.4 Å². The molecule has 5 nitrogen and oxygen atoms in total. The lowest BCUT2D eigenvalue weighted by atomic mass is 9.99. The number of nitrogens with zero attached hydrogens (tertiary/aromatic N) is 2. The number of aromatic nitrogens is 2. The number of fused-ring (bicyclic) bond motifs is 1. The molecule has 0 unspecified atom stereocenters. The summed E-state index contributed by atoms with van der Waals surface area (Å²) in [6.07, 6.45) is 6.31. The second kappa shape index (κ2) is 7.54. The largest absolute Gasteiger partial charge is 0.371 e. The number of nitrogens with one attached hydrogen (secondary N) is 1. The summed E-state index contributed by atoms with van der Waals surface area (Å²) in [5, 5.41) is 2.99. The molecule has 0 saturated heterocycles. The van der Waals surface area contributed by atoms with Crippen LogP contribution in [0.3, 0.4) is 0 Å². The highest BCUT2D eigenvalue weighted by Crippen LogP contribution is 2.19. The first-order valence-electron chi connectivity index (χ1n) is 8.79. The van der Waals surface area contributed by atoms with E-state index < -0.39 is 0 Å². The standard InChI is InChI=1S/C21H21N3O2/c25-21(17-7-5-16(6-8-17)13-24-10-9-22-15-24)23-12-20-11-18-3-1-2-4-19(18)14-26-20/h1-10,15,20H,11-14H2,(H,23,25)/t20-/m1/s1. The molecule has 2 aromatic carbocycles. The van der Waals surface area contributed by atoms with E-state index >= 15 is 0 Å². The molecule has 0 aliphatic carbocycles. The zero-order valence-electron chi connectivity index (χ0n) is 14.5. The van der Waals surface area contributed by atoms with Crippen LogP contribution in [0.15, 0.2) is 67.3 Å². The van der Waals surface area contributed by atoms with Gasteiger partial charge in [0.05, 0.1) is 19.0 Å². The third-order valence-electron chi connectivity index (χ3n) is 4.67. The highest BCUT2D eigenvalue weighted by Gasteiger charge is 2.19. The summed E-state index contributed by atoms with van der Waals surface area (Å²) in [5.74, 6) is -0.0679.